The van der Waals surface area contributed by atoms with Gasteiger partial charge < -0.3 is 30.2 Å². The fourth-order valence-electron chi connectivity index (χ4n) is 4.70. The van der Waals surface area contributed by atoms with Crippen LogP contribution in [0.3, 0.4) is 0 Å². The Balaban J connectivity index is 1.52. The van der Waals surface area contributed by atoms with Crippen LogP contribution in [0.25, 0.3) is 0 Å². The standard InChI is InChI=1S/C32H41N3O8/c1-22(33-29(37)21-41-28-16-10-9-15-26(28)34-23(2)36)31(39)35-27(32(40)43-20-25-13-7-4-8-14-25)17-18-30(38)42-19-24-11-5-3-6-12-24/h3-8,11-14,22,26-28H,9-10,15-21H2,1-2H3,(H,33,37)(H,34,36)(H,35,39)/t22-,26-,27+,28-/m0/s1. The summed E-state index contributed by atoms with van der Waals surface area (Å²) in [4.78, 5) is 62.4. The number of carbonyl (C=O) groups is 5. The minimum Gasteiger partial charge on any atom is -0.461 e. The molecule has 43 heavy (non-hydrogen) atoms. The van der Waals surface area contributed by atoms with Crippen molar-refractivity contribution < 1.29 is 38.2 Å². The van der Waals surface area contributed by atoms with E-state index in [0.717, 1.165) is 36.8 Å². The predicted octanol–water partition coefficient (Wildman–Crippen LogP) is 2.71. The molecule has 1 aliphatic carbocycles. The van der Waals surface area contributed by atoms with Gasteiger partial charge in [-0.05, 0) is 37.3 Å². The van der Waals surface area contributed by atoms with E-state index in [-0.39, 0.29) is 50.7 Å². The summed E-state index contributed by atoms with van der Waals surface area (Å²) in [7, 11) is 0. The lowest BCUT2D eigenvalue weighted by atomic mass is 9.92. The maximum absolute atomic E-state index is 13.0. The van der Waals surface area contributed by atoms with Gasteiger partial charge in [0, 0.05) is 13.3 Å². The van der Waals surface area contributed by atoms with Gasteiger partial charge in [0.2, 0.25) is 17.7 Å². The van der Waals surface area contributed by atoms with Crippen molar-refractivity contribution in [3.8, 4) is 0 Å². The Bertz CT molecular complexity index is 1210. The third-order valence-corrected chi connectivity index (χ3v) is 7.00. The summed E-state index contributed by atoms with van der Waals surface area (Å²) in [5, 5.41) is 8.04. The Morgan fingerprint density at radius 1 is 0.837 bits per heavy atom. The molecular formula is C32H41N3O8. The molecule has 1 saturated carbocycles. The largest absolute Gasteiger partial charge is 0.461 e. The summed E-state index contributed by atoms with van der Waals surface area (Å²) in [6.45, 7) is 2.72. The molecule has 4 atom stereocenters. The highest BCUT2D eigenvalue weighted by Gasteiger charge is 2.29. The molecule has 3 amide bonds. The van der Waals surface area contributed by atoms with Crippen molar-refractivity contribution in [2.75, 3.05) is 6.61 Å². The van der Waals surface area contributed by atoms with E-state index >= 15 is 0 Å². The van der Waals surface area contributed by atoms with E-state index < -0.39 is 35.8 Å². The topological polar surface area (TPSA) is 149 Å². The summed E-state index contributed by atoms with van der Waals surface area (Å²) >= 11 is 0. The number of amides is 3. The molecule has 0 aromatic heterocycles. The number of rotatable bonds is 15. The first-order chi connectivity index (χ1) is 20.7. The van der Waals surface area contributed by atoms with E-state index in [0.29, 0.717) is 0 Å². The van der Waals surface area contributed by atoms with Crippen LogP contribution >= 0.6 is 0 Å². The van der Waals surface area contributed by atoms with E-state index in [4.69, 9.17) is 14.2 Å². The van der Waals surface area contributed by atoms with E-state index in [9.17, 15) is 24.0 Å². The van der Waals surface area contributed by atoms with Gasteiger partial charge in [0.05, 0.1) is 12.1 Å². The van der Waals surface area contributed by atoms with Gasteiger partial charge >= 0.3 is 11.9 Å². The number of nitrogens with one attached hydrogen (secondary N) is 3. The first-order valence-electron chi connectivity index (χ1n) is 14.6. The van der Waals surface area contributed by atoms with Crippen LogP contribution in [0.2, 0.25) is 0 Å². The van der Waals surface area contributed by atoms with Gasteiger partial charge in [0.25, 0.3) is 0 Å². The monoisotopic (exact) mass is 595 g/mol. The van der Waals surface area contributed by atoms with Crippen LogP contribution in [0.4, 0.5) is 0 Å². The molecule has 3 N–H and O–H groups in total. The fraction of sp³-hybridized carbons (Fsp3) is 0.469. The number of esters is 2. The fourth-order valence-corrected chi connectivity index (χ4v) is 4.70. The van der Waals surface area contributed by atoms with Crippen LogP contribution in [0.1, 0.15) is 63.5 Å². The minimum atomic E-state index is -1.14. The number of benzene rings is 2. The Morgan fingerprint density at radius 2 is 1.44 bits per heavy atom. The van der Waals surface area contributed by atoms with Crippen LogP contribution in [0.15, 0.2) is 60.7 Å². The Hall–Kier alpha value is -4.25. The van der Waals surface area contributed by atoms with Gasteiger partial charge in [-0.25, -0.2) is 4.79 Å². The summed E-state index contributed by atoms with van der Waals surface area (Å²) in [5.74, 6) is -2.53. The molecule has 0 bridgehead atoms. The maximum Gasteiger partial charge on any atom is 0.328 e. The van der Waals surface area contributed by atoms with E-state index in [1.807, 2.05) is 48.5 Å². The SMILES string of the molecule is CC(=O)N[C@H]1CCCC[C@@H]1OCC(=O)N[C@@H](C)C(=O)N[C@H](CCC(=O)OCc1ccccc1)C(=O)OCc1ccccc1. The zero-order valence-electron chi connectivity index (χ0n) is 24.7. The smallest absolute Gasteiger partial charge is 0.328 e. The number of carbonyl (C=O) groups excluding carboxylic acids is 5. The van der Waals surface area contributed by atoms with Crippen molar-refractivity contribution in [2.24, 2.45) is 0 Å². The van der Waals surface area contributed by atoms with Crippen molar-refractivity contribution in [2.45, 2.75) is 89.8 Å². The van der Waals surface area contributed by atoms with Crippen LogP contribution in [-0.4, -0.2) is 60.5 Å². The number of hydrogen-bond acceptors (Lipinski definition) is 8. The predicted molar refractivity (Wildman–Crippen MR) is 157 cm³/mol. The highest BCUT2D eigenvalue weighted by Crippen LogP contribution is 2.21. The van der Waals surface area contributed by atoms with Crippen LogP contribution in [0, 0.1) is 0 Å². The Labute approximate surface area is 252 Å². The Kier molecular flexibility index (Phi) is 13.6. The second kappa shape index (κ2) is 17.6. The quantitative estimate of drug-likeness (QED) is 0.266. The van der Waals surface area contributed by atoms with Gasteiger partial charge in [-0.3, -0.25) is 19.2 Å². The molecule has 232 valence electrons. The number of hydrogen-bond donors (Lipinski definition) is 3. The summed E-state index contributed by atoms with van der Waals surface area (Å²) in [5.41, 5.74) is 1.59. The molecule has 0 heterocycles. The third kappa shape index (κ3) is 12.3. The van der Waals surface area contributed by atoms with Gasteiger partial charge in [0.15, 0.2) is 0 Å². The van der Waals surface area contributed by atoms with Gasteiger partial charge in [-0.15, -0.1) is 0 Å². The lowest BCUT2D eigenvalue weighted by Gasteiger charge is -2.31. The van der Waals surface area contributed by atoms with Gasteiger partial charge in [-0.1, -0.05) is 73.5 Å². The lowest BCUT2D eigenvalue weighted by Crippen LogP contribution is -2.52. The van der Waals surface area contributed by atoms with E-state index in [2.05, 4.69) is 16.0 Å². The molecule has 0 saturated heterocycles. The summed E-state index contributed by atoms with van der Waals surface area (Å²) in [6.07, 6.45) is 2.91. The van der Waals surface area contributed by atoms with E-state index in [1.165, 1.54) is 13.8 Å². The molecular weight excluding hydrogens is 554 g/mol. The molecule has 2 aromatic rings. The number of ether oxygens (including phenoxy) is 3. The first-order valence-corrected chi connectivity index (χ1v) is 14.6. The van der Waals surface area contributed by atoms with Crippen LogP contribution < -0.4 is 16.0 Å². The summed E-state index contributed by atoms with van der Waals surface area (Å²) in [6, 6.07) is 15.9. The Morgan fingerprint density at radius 3 is 2.07 bits per heavy atom. The van der Waals surface area contributed by atoms with Crippen molar-refractivity contribution in [3.05, 3.63) is 71.8 Å². The van der Waals surface area contributed by atoms with Crippen LogP contribution in [-0.2, 0) is 51.4 Å². The molecule has 1 fully saturated rings. The van der Waals surface area contributed by atoms with E-state index in [1.54, 1.807) is 12.1 Å². The molecule has 0 aliphatic heterocycles. The second-order valence-corrected chi connectivity index (χ2v) is 10.6. The highest BCUT2D eigenvalue weighted by molar-refractivity contribution is 5.91. The zero-order chi connectivity index (χ0) is 31.0. The molecule has 11 heteroatoms. The minimum absolute atomic E-state index is 0.00519. The van der Waals surface area contributed by atoms with Crippen LogP contribution in [0.5, 0.6) is 0 Å². The average Bonchev–Trinajstić information content (AvgIpc) is 3.01. The molecule has 0 spiro atoms. The molecule has 3 rings (SSSR count). The average molecular weight is 596 g/mol. The summed E-state index contributed by atoms with van der Waals surface area (Å²) < 4.78 is 16.5. The maximum atomic E-state index is 13.0. The lowest BCUT2D eigenvalue weighted by molar-refractivity contribution is -0.150. The van der Waals surface area contributed by atoms with Crippen molar-refractivity contribution in [3.63, 3.8) is 0 Å². The zero-order valence-corrected chi connectivity index (χ0v) is 24.7. The van der Waals surface area contributed by atoms with Gasteiger partial charge in [-0.2, -0.15) is 0 Å². The van der Waals surface area contributed by atoms with Crippen molar-refractivity contribution in [1.82, 2.24) is 16.0 Å². The van der Waals surface area contributed by atoms with Crippen molar-refractivity contribution in [1.29, 1.82) is 0 Å². The third-order valence-electron chi connectivity index (χ3n) is 7.00. The van der Waals surface area contributed by atoms with Gasteiger partial charge in [0.1, 0.15) is 31.9 Å². The molecule has 2 aromatic carbocycles. The van der Waals surface area contributed by atoms with Crippen molar-refractivity contribution >= 4 is 29.7 Å². The molecule has 0 unspecified atom stereocenters. The normalized spacial score (nSPS) is 17.5. The molecule has 1 aliphatic rings. The first kappa shape index (κ1) is 33.3. The molecule has 0 radical (unpaired) electrons. The molecule has 11 nitrogen and oxygen atoms in total. The highest BCUT2D eigenvalue weighted by atomic mass is 16.5. The second-order valence-electron chi connectivity index (χ2n) is 10.6.